The van der Waals surface area contributed by atoms with Gasteiger partial charge in [-0.25, -0.2) is 9.98 Å². The van der Waals surface area contributed by atoms with Gasteiger partial charge in [-0.3, -0.25) is 14.7 Å². The summed E-state index contributed by atoms with van der Waals surface area (Å²) < 4.78 is 1.78. The fourth-order valence-electron chi connectivity index (χ4n) is 5.56. The zero-order valence-corrected chi connectivity index (χ0v) is 18.1. The largest absolute Gasteiger partial charge is 0.342 e. The second-order valence-corrected chi connectivity index (χ2v) is 9.28. The van der Waals surface area contributed by atoms with Gasteiger partial charge in [0.2, 0.25) is 11.9 Å². The summed E-state index contributed by atoms with van der Waals surface area (Å²) >= 11 is 0. The molecule has 7 heteroatoms. The second kappa shape index (κ2) is 8.53. The van der Waals surface area contributed by atoms with Crippen LogP contribution in [0.3, 0.4) is 0 Å². The standard InChI is InChI=1S/C23H34N6O/c1-17-16-20(30)29-21(18-8-4-2-5-9-18)25-22(26-23(29)24-17)28-14-10-19(11-15-28)27-12-6-3-7-13-27/h2,4,16,18-19,21H,3,5-15H2,1H3,(H,24,25,26)/t18-,21+/m1/s1. The van der Waals surface area contributed by atoms with E-state index in [1.807, 2.05) is 6.92 Å². The number of hydrogen-bond donors (Lipinski definition) is 1. The van der Waals surface area contributed by atoms with E-state index in [9.17, 15) is 4.79 Å². The minimum Gasteiger partial charge on any atom is -0.342 e. The van der Waals surface area contributed by atoms with E-state index in [0.717, 1.165) is 44.0 Å². The van der Waals surface area contributed by atoms with Crippen LogP contribution in [0.25, 0.3) is 0 Å². The Balaban J connectivity index is 1.36. The van der Waals surface area contributed by atoms with Crippen LogP contribution in [0, 0.1) is 12.8 Å². The van der Waals surface area contributed by atoms with E-state index in [0.29, 0.717) is 17.9 Å². The molecule has 162 valence electrons. The van der Waals surface area contributed by atoms with E-state index in [1.165, 1.54) is 45.2 Å². The number of anilines is 1. The molecule has 2 saturated heterocycles. The minimum absolute atomic E-state index is 0.00356. The van der Waals surface area contributed by atoms with Crippen LogP contribution in [0.2, 0.25) is 0 Å². The van der Waals surface area contributed by atoms with Gasteiger partial charge in [0.15, 0.2) is 0 Å². The van der Waals surface area contributed by atoms with Crippen molar-refractivity contribution >= 4 is 11.9 Å². The highest BCUT2D eigenvalue weighted by Crippen LogP contribution is 2.34. The maximum absolute atomic E-state index is 12.8. The van der Waals surface area contributed by atoms with Gasteiger partial charge in [0, 0.05) is 36.8 Å². The number of aromatic nitrogens is 2. The highest BCUT2D eigenvalue weighted by molar-refractivity contribution is 5.93. The topological polar surface area (TPSA) is 65.8 Å². The Bertz CT molecular complexity index is 876. The van der Waals surface area contributed by atoms with Crippen molar-refractivity contribution in [1.29, 1.82) is 0 Å². The van der Waals surface area contributed by atoms with Crippen LogP contribution in [-0.4, -0.2) is 57.5 Å². The fourth-order valence-corrected chi connectivity index (χ4v) is 5.56. The molecule has 0 saturated carbocycles. The number of nitrogens with zero attached hydrogens (tertiary/aromatic N) is 5. The molecule has 0 amide bonds. The molecule has 0 unspecified atom stereocenters. The van der Waals surface area contributed by atoms with Gasteiger partial charge in [-0.2, -0.15) is 0 Å². The number of allylic oxidation sites excluding steroid dienone is 2. The molecule has 2 atom stereocenters. The minimum atomic E-state index is -0.165. The lowest BCUT2D eigenvalue weighted by Crippen LogP contribution is -2.51. The first-order chi connectivity index (χ1) is 14.7. The van der Waals surface area contributed by atoms with E-state index < -0.39 is 0 Å². The molecule has 7 nitrogen and oxygen atoms in total. The molecule has 2 fully saturated rings. The quantitative estimate of drug-likeness (QED) is 0.759. The van der Waals surface area contributed by atoms with Crippen LogP contribution in [0.15, 0.2) is 28.0 Å². The molecule has 5 rings (SSSR count). The van der Waals surface area contributed by atoms with Crippen molar-refractivity contribution in [3.05, 3.63) is 34.3 Å². The molecular weight excluding hydrogens is 376 g/mol. The van der Waals surface area contributed by atoms with Crippen LogP contribution < -0.4 is 10.9 Å². The Morgan fingerprint density at radius 1 is 1.03 bits per heavy atom. The maximum Gasteiger partial charge on any atom is 0.256 e. The van der Waals surface area contributed by atoms with Gasteiger partial charge in [-0.15, -0.1) is 0 Å². The predicted molar refractivity (Wildman–Crippen MR) is 120 cm³/mol. The third-order valence-electron chi connectivity index (χ3n) is 7.23. The SMILES string of the molecule is Cc1cc(=O)n2c(n1)NC(N1CCC(N3CCCCC3)CC1)=N[C@@H]2[C@@H]1CC=CCC1. The molecule has 1 N–H and O–H groups in total. The number of guanidine groups is 1. The number of likely N-dealkylation sites (tertiary alicyclic amines) is 2. The molecular formula is C23H34N6O. The van der Waals surface area contributed by atoms with E-state index in [2.05, 4.69) is 32.3 Å². The zero-order valence-electron chi connectivity index (χ0n) is 18.1. The summed E-state index contributed by atoms with van der Waals surface area (Å²) in [6.07, 6.45) is 13.9. The summed E-state index contributed by atoms with van der Waals surface area (Å²) in [5.41, 5.74) is 0.752. The number of fused-ring (bicyclic) bond motifs is 1. The Morgan fingerprint density at radius 2 is 1.83 bits per heavy atom. The first-order valence-corrected chi connectivity index (χ1v) is 11.8. The van der Waals surface area contributed by atoms with Crippen LogP contribution in [-0.2, 0) is 0 Å². The van der Waals surface area contributed by atoms with Gasteiger partial charge in [0.25, 0.3) is 5.56 Å². The van der Waals surface area contributed by atoms with Gasteiger partial charge in [0.05, 0.1) is 0 Å². The number of rotatable bonds is 2. The van der Waals surface area contributed by atoms with Crippen molar-refractivity contribution in [3.63, 3.8) is 0 Å². The number of aliphatic imine (C=N–C) groups is 1. The average molecular weight is 411 g/mol. The number of hydrogen-bond acceptors (Lipinski definition) is 6. The summed E-state index contributed by atoms with van der Waals surface area (Å²) in [6.45, 7) is 6.44. The van der Waals surface area contributed by atoms with Gasteiger partial charge >= 0.3 is 0 Å². The highest BCUT2D eigenvalue weighted by Gasteiger charge is 2.33. The lowest BCUT2D eigenvalue weighted by Gasteiger charge is -2.42. The van der Waals surface area contributed by atoms with Crippen molar-refractivity contribution in [2.75, 3.05) is 31.5 Å². The summed E-state index contributed by atoms with van der Waals surface area (Å²) in [4.78, 5) is 27.7. The average Bonchev–Trinajstić information content (AvgIpc) is 2.79. The molecule has 0 spiro atoms. The second-order valence-electron chi connectivity index (χ2n) is 9.28. The van der Waals surface area contributed by atoms with Gasteiger partial charge in [-0.1, -0.05) is 18.6 Å². The number of aryl methyl sites for hydroxylation is 1. The Morgan fingerprint density at radius 3 is 2.57 bits per heavy atom. The molecule has 0 bridgehead atoms. The van der Waals surface area contributed by atoms with E-state index >= 15 is 0 Å². The molecule has 30 heavy (non-hydrogen) atoms. The first kappa shape index (κ1) is 19.8. The van der Waals surface area contributed by atoms with Crippen LogP contribution in [0.5, 0.6) is 0 Å². The summed E-state index contributed by atoms with van der Waals surface area (Å²) in [5.74, 6) is 1.91. The van der Waals surface area contributed by atoms with E-state index in [-0.39, 0.29) is 11.7 Å². The monoisotopic (exact) mass is 410 g/mol. The molecule has 0 radical (unpaired) electrons. The summed E-state index contributed by atoms with van der Waals surface area (Å²) in [5, 5.41) is 3.41. The van der Waals surface area contributed by atoms with Crippen molar-refractivity contribution in [3.8, 4) is 0 Å². The van der Waals surface area contributed by atoms with Gasteiger partial charge in [-0.05, 0) is 65.0 Å². The van der Waals surface area contributed by atoms with E-state index in [1.54, 1.807) is 10.6 Å². The maximum atomic E-state index is 12.8. The summed E-state index contributed by atoms with van der Waals surface area (Å²) in [7, 11) is 0. The third kappa shape index (κ3) is 3.92. The lowest BCUT2D eigenvalue weighted by atomic mass is 9.91. The number of nitrogens with one attached hydrogen (secondary N) is 1. The van der Waals surface area contributed by atoms with Gasteiger partial charge in [0.1, 0.15) is 6.17 Å². The van der Waals surface area contributed by atoms with Crippen molar-refractivity contribution in [1.82, 2.24) is 19.4 Å². The summed E-state index contributed by atoms with van der Waals surface area (Å²) in [6, 6.07) is 2.34. The van der Waals surface area contributed by atoms with Gasteiger partial charge < -0.3 is 9.80 Å². The third-order valence-corrected chi connectivity index (χ3v) is 7.23. The first-order valence-electron chi connectivity index (χ1n) is 11.8. The zero-order chi connectivity index (χ0) is 20.5. The van der Waals surface area contributed by atoms with Crippen LogP contribution >= 0.6 is 0 Å². The molecule has 0 aromatic carbocycles. The molecule has 1 aromatic rings. The highest BCUT2D eigenvalue weighted by atomic mass is 16.1. The normalized spacial score (nSPS) is 28.0. The number of piperidine rings is 2. The van der Waals surface area contributed by atoms with Crippen molar-refractivity contribution < 1.29 is 0 Å². The molecule has 1 aromatic heterocycles. The predicted octanol–water partition coefficient (Wildman–Crippen LogP) is 3.14. The molecule has 4 aliphatic rings. The Labute approximate surface area is 178 Å². The lowest BCUT2D eigenvalue weighted by molar-refractivity contribution is 0.114. The van der Waals surface area contributed by atoms with E-state index in [4.69, 9.17) is 4.99 Å². The fraction of sp³-hybridized carbons (Fsp3) is 0.696. The van der Waals surface area contributed by atoms with Crippen molar-refractivity contribution in [2.45, 2.75) is 70.5 Å². The van der Waals surface area contributed by atoms with Crippen molar-refractivity contribution in [2.24, 2.45) is 10.9 Å². The Hall–Kier alpha value is -2.15. The molecule has 1 aliphatic carbocycles. The van der Waals surface area contributed by atoms with Crippen LogP contribution in [0.1, 0.15) is 63.2 Å². The smallest absolute Gasteiger partial charge is 0.256 e. The molecule has 4 heterocycles. The molecule has 3 aliphatic heterocycles. The Kier molecular flexibility index (Phi) is 5.63. The van der Waals surface area contributed by atoms with Crippen LogP contribution in [0.4, 0.5) is 5.95 Å².